The van der Waals surface area contributed by atoms with Gasteiger partial charge >= 0.3 is 0 Å². The van der Waals surface area contributed by atoms with Crippen molar-refractivity contribution in [2.24, 2.45) is 0 Å². The van der Waals surface area contributed by atoms with E-state index in [9.17, 15) is 19.5 Å². The van der Waals surface area contributed by atoms with E-state index in [4.69, 9.17) is 0 Å². The summed E-state index contributed by atoms with van der Waals surface area (Å²) in [6, 6.07) is 4.41. The minimum atomic E-state index is -1.02. The van der Waals surface area contributed by atoms with Crippen molar-refractivity contribution in [1.29, 1.82) is 0 Å². The van der Waals surface area contributed by atoms with Crippen molar-refractivity contribution in [3.8, 4) is 0 Å². The molecule has 9 heteroatoms. The van der Waals surface area contributed by atoms with Crippen molar-refractivity contribution >= 4 is 28.6 Å². The molecule has 1 aromatic carbocycles. The summed E-state index contributed by atoms with van der Waals surface area (Å²) < 4.78 is 0. The minimum absolute atomic E-state index is 0.00678. The highest BCUT2D eigenvalue weighted by molar-refractivity contribution is 5.91. The Balaban J connectivity index is 1.66. The van der Waals surface area contributed by atoms with Gasteiger partial charge in [-0.3, -0.25) is 14.4 Å². The van der Waals surface area contributed by atoms with Crippen LogP contribution in [0.15, 0.2) is 24.4 Å². The van der Waals surface area contributed by atoms with Gasteiger partial charge in [0, 0.05) is 43.0 Å². The van der Waals surface area contributed by atoms with Crippen LogP contribution in [0.5, 0.6) is 0 Å². The lowest BCUT2D eigenvalue weighted by atomic mass is 9.90. The number of aliphatic hydroxyl groups is 1. The summed E-state index contributed by atoms with van der Waals surface area (Å²) in [5.74, 6) is -0.728. The van der Waals surface area contributed by atoms with Crippen LogP contribution in [-0.2, 0) is 14.4 Å². The van der Waals surface area contributed by atoms with Gasteiger partial charge in [0.15, 0.2) is 0 Å². The molecule has 2 saturated heterocycles. The molecule has 0 bridgehead atoms. The molecule has 0 unspecified atom stereocenters. The molecule has 0 saturated carbocycles. The van der Waals surface area contributed by atoms with Crippen LogP contribution in [-0.4, -0.2) is 88.5 Å². The second-order valence-electron chi connectivity index (χ2n) is 9.20. The average Bonchev–Trinajstić information content (AvgIpc) is 3.49. The first-order valence-corrected chi connectivity index (χ1v) is 11.5. The normalized spacial score (nSPS) is 24.1. The summed E-state index contributed by atoms with van der Waals surface area (Å²) >= 11 is 0. The fraction of sp³-hybridized carbons (Fsp3) is 0.542. The quantitative estimate of drug-likeness (QED) is 0.505. The molecule has 2 aromatic rings. The number of hydrogen-bond donors (Lipinski definition) is 4. The number of aryl methyl sites for hydroxylation is 1. The topological polar surface area (TPSA) is 118 Å². The molecule has 2 aliphatic heterocycles. The van der Waals surface area contributed by atoms with E-state index in [0.29, 0.717) is 19.5 Å². The molecule has 4 N–H and O–H groups in total. The standard InChI is InChI=1S/C24H33N5O4/c1-13-5-6-19-16(9-13)17(10-26-19)18-11-29(15(3)31)21-7-8-28(22(18)21)24(33)20(12-30)27-23(32)14(2)25-4/h5-6,9-10,14,18,20-22,25-26,30H,7-8,11-12H2,1-4H3,(H,27,32)/t14-,18+,20-,21+,22+/m0/s1. The number of benzene rings is 1. The lowest BCUT2D eigenvalue weighted by Gasteiger charge is -2.31. The molecule has 5 atom stereocenters. The van der Waals surface area contributed by atoms with Gasteiger partial charge in [-0.2, -0.15) is 0 Å². The van der Waals surface area contributed by atoms with E-state index in [-0.39, 0.29) is 35.7 Å². The molecule has 178 valence electrons. The Morgan fingerprint density at radius 1 is 1.27 bits per heavy atom. The lowest BCUT2D eigenvalue weighted by Crippen LogP contribution is -2.55. The molecular weight excluding hydrogens is 422 g/mol. The van der Waals surface area contributed by atoms with E-state index in [2.05, 4.69) is 21.7 Å². The molecule has 0 aliphatic carbocycles. The number of rotatable bonds is 6. The van der Waals surface area contributed by atoms with Crippen molar-refractivity contribution in [3.05, 3.63) is 35.5 Å². The van der Waals surface area contributed by atoms with E-state index < -0.39 is 18.7 Å². The number of amides is 3. The van der Waals surface area contributed by atoms with Gasteiger partial charge in [0.1, 0.15) is 6.04 Å². The third-order valence-electron chi connectivity index (χ3n) is 7.21. The molecule has 3 amide bonds. The highest BCUT2D eigenvalue weighted by Crippen LogP contribution is 2.43. The molecule has 1 aromatic heterocycles. The molecule has 0 spiro atoms. The SMILES string of the molecule is CN[C@@H](C)C(=O)N[C@@H](CO)C(=O)N1CC[C@@H]2[C@H]1[C@@H](c1c[nH]c3ccc(C)cc13)CN2C(C)=O. The van der Waals surface area contributed by atoms with Gasteiger partial charge < -0.3 is 30.5 Å². The maximum absolute atomic E-state index is 13.5. The lowest BCUT2D eigenvalue weighted by molar-refractivity contribution is -0.139. The number of aromatic amines is 1. The van der Waals surface area contributed by atoms with E-state index in [1.165, 1.54) is 0 Å². The summed E-state index contributed by atoms with van der Waals surface area (Å²) in [7, 11) is 1.66. The first-order chi connectivity index (χ1) is 15.8. The van der Waals surface area contributed by atoms with Crippen LogP contribution < -0.4 is 10.6 Å². The first kappa shape index (κ1) is 23.3. The molecule has 2 aliphatic rings. The van der Waals surface area contributed by atoms with Crippen LogP contribution in [0, 0.1) is 6.92 Å². The Morgan fingerprint density at radius 2 is 2.03 bits per heavy atom. The number of carbonyl (C=O) groups is 3. The maximum Gasteiger partial charge on any atom is 0.247 e. The van der Waals surface area contributed by atoms with Crippen molar-refractivity contribution in [1.82, 2.24) is 25.4 Å². The third-order valence-corrected chi connectivity index (χ3v) is 7.21. The Bertz CT molecular complexity index is 1070. The number of likely N-dealkylation sites (tertiary alicyclic amines) is 2. The zero-order valence-corrected chi connectivity index (χ0v) is 19.6. The van der Waals surface area contributed by atoms with E-state index in [1.54, 1.807) is 25.8 Å². The smallest absolute Gasteiger partial charge is 0.247 e. The van der Waals surface area contributed by atoms with Gasteiger partial charge in [0.05, 0.1) is 24.7 Å². The Hall–Kier alpha value is -2.91. The third kappa shape index (κ3) is 4.11. The second kappa shape index (κ2) is 9.15. The summed E-state index contributed by atoms with van der Waals surface area (Å²) in [4.78, 5) is 45.3. The molecule has 3 heterocycles. The summed E-state index contributed by atoms with van der Waals surface area (Å²) in [5.41, 5.74) is 3.24. The van der Waals surface area contributed by atoms with E-state index in [1.807, 2.05) is 30.2 Å². The molecule has 2 fully saturated rings. The van der Waals surface area contributed by atoms with Gasteiger partial charge in [0.2, 0.25) is 17.7 Å². The number of hydrogen-bond acceptors (Lipinski definition) is 5. The van der Waals surface area contributed by atoms with Crippen LogP contribution in [0.25, 0.3) is 10.9 Å². The fourth-order valence-corrected chi connectivity index (χ4v) is 5.36. The van der Waals surface area contributed by atoms with Crippen LogP contribution in [0.2, 0.25) is 0 Å². The molecule has 9 nitrogen and oxygen atoms in total. The number of fused-ring (bicyclic) bond motifs is 2. The zero-order chi connectivity index (χ0) is 23.9. The number of nitrogens with one attached hydrogen (secondary N) is 3. The molecular formula is C24H33N5O4. The van der Waals surface area contributed by atoms with E-state index >= 15 is 0 Å². The Kier molecular flexibility index (Phi) is 6.45. The number of carbonyl (C=O) groups excluding carboxylic acids is 3. The predicted octanol–water partition coefficient (Wildman–Crippen LogP) is 0.477. The minimum Gasteiger partial charge on any atom is -0.394 e. The van der Waals surface area contributed by atoms with Crippen LogP contribution in [0.4, 0.5) is 0 Å². The summed E-state index contributed by atoms with van der Waals surface area (Å²) in [5, 5.41) is 16.5. The van der Waals surface area contributed by atoms with E-state index in [0.717, 1.165) is 22.0 Å². The molecule has 4 rings (SSSR count). The summed E-state index contributed by atoms with van der Waals surface area (Å²) in [6.07, 6.45) is 2.66. The monoisotopic (exact) mass is 455 g/mol. The predicted molar refractivity (Wildman–Crippen MR) is 125 cm³/mol. The van der Waals surface area contributed by atoms with Crippen LogP contribution >= 0.6 is 0 Å². The Labute approximate surface area is 193 Å². The van der Waals surface area contributed by atoms with Crippen LogP contribution in [0.3, 0.4) is 0 Å². The van der Waals surface area contributed by atoms with Gasteiger partial charge in [-0.15, -0.1) is 0 Å². The fourth-order valence-electron chi connectivity index (χ4n) is 5.36. The maximum atomic E-state index is 13.5. The largest absolute Gasteiger partial charge is 0.394 e. The average molecular weight is 456 g/mol. The highest BCUT2D eigenvalue weighted by atomic mass is 16.3. The number of H-pyrrole nitrogens is 1. The number of aliphatic hydroxyl groups excluding tert-OH is 1. The second-order valence-corrected chi connectivity index (χ2v) is 9.20. The van der Waals surface area contributed by atoms with Gasteiger partial charge in [0.25, 0.3) is 0 Å². The van der Waals surface area contributed by atoms with Gasteiger partial charge in [-0.25, -0.2) is 0 Å². The van der Waals surface area contributed by atoms with Crippen molar-refractivity contribution in [3.63, 3.8) is 0 Å². The van der Waals surface area contributed by atoms with Gasteiger partial charge in [-0.1, -0.05) is 11.6 Å². The molecule has 0 radical (unpaired) electrons. The summed E-state index contributed by atoms with van der Waals surface area (Å²) in [6.45, 7) is 5.83. The highest BCUT2D eigenvalue weighted by Gasteiger charge is 2.52. The molecule has 33 heavy (non-hydrogen) atoms. The van der Waals surface area contributed by atoms with Gasteiger partial charge in [-0.05, 0) is 45.0 Å². The van der Waals surface area contributed by atoms with Crippen molar-refractivity contribution in [2.45, 2.75) is 57.3 Å². The van der Waals surface area contributed by atoms with Crippen molar-refractivity contribution < 1.29 is 19.5 Å². The first-order valence-electron chi connectivity index (χ1n) is 11.5. The zero-order valence-electron chi connectivity index (χ0n) is 19.6. The number of aromatic nitrogens is 1. The van der Waals surface area contributed by atoms with Crippen LogP contribution in [0.1, 0.15) is 37.3 Å². The number of nitrogens with zero attached hydrogens (tertiary/aromatic N) is 2. The Morgan fingerprint density at radius 3 is 2.70 bits per heavy atom. The number of likely N-dealkylation sites (N-methyl/N-ethyl adjacent to an activating group) is 1. The van der Waals surface area contributed by atoms with Crippen molar-refractivity contribution in [2.75, 3.05) is 26.7 Å².